The zero-order valence-electron chi connectivity index (χ0n) is 9.60. The average Bonchev–Trinajstić information content (AvgIpc) is 2.37. The topological polar surface area (TPSA) is 81.2 Å². The molecule has 1 N–H and O–H groups in total. The number of ether oxygens (including phenoxy) is 1. The molecule has 0 aromatic carbocycles. The van der Waals surface area contributed by atoms with Crippen molar-refractivity contribution in [3.05, 3.63) is 12.1 Å². The number of hydrogen-bond acceptors (Lipinski definition) is 6. The molecule has 0 saturated heterocycles. The summed E-state index contributed by atoms with van der Waals surface area (Å²) in [6.07, 6.45) is 0.389. The molecule has 0 unspecified atom stereocenters. The molecule has 0 saturated carbocycles. The summed E-state index contributed by atoms with van der Waals surface area (Å²) in [4.78, 5) is 22.0. The number of esters is 1. The average molecular weight is 255 g/mol. The van der Waals surface area contributed by atoms with Gasteiger partial charge >= 0.3 is 5.97 Å². The van der Waals surface area contributed by atoms with Crippen LogP contribution in [0.2, 0.25) is 0 Å². The molecule has 0 atom stereocenters. The zero-order chi connectivity index (χ0) is 12.7. The van der Waals surface area contributed by atoms with Gasteiger partial charge in [0.2, 0.25) is 5.91 Å². The largest absolute Gasteiger partial charge is 0.468 e. The number of hydrogen-bond donors (Lipinski definition) is 1. The SMILES string of the molecule is CCC(=O)Nc1ccc(SCC(=O)OC)nn1. The van der Waals surface area contributed by atoms with E-state index in [9.17, 15) is 9.59 Å². The van der Waals surface area contributed by atoms with Gasteiger partial charge in [-0.25, -0.2) is 0 Å². The quantitative estimate of drug-likeness (QED) is 0.626. The third-order valence-electron chi connectivity index (χ3n) is 1.79. The van der Waals surface area contributed by atoms with Gasteiger partial charge < -0.3 is 10.1 Å². The summed E-state index contributed by atoms with van der Waals surface area (Å²) in [6, 6.07) is 3.33. The lowest BCUT2D eigenvalue weighted by Crippen LogP contribution is -2.11. The van der Waals surface area contributed by atoms with Crippen LogP contribution in [0.4, 0.5) is 5.82 Å². The molecular weight excluding hydrogens is 242 g/mol. The molecule has 92 valence electrons. The summed E-state index contributed by atoms with van der Waals surface area (Å²) >= 11 is 1.23. The number of thioether (sulfide) groups is 1. The van der Waals surface area contributed by atoms with E-state index in [0.29, 0.717) is 17.3 Å². The van der Waals surface area contributed by atoms with Crippen LogP contribution in [0.5, 0.6) is 0 Å². The summed E-state index contributed by atoms with van der Waals surface area (Å²) < 4.78 is 4.50. The minimum atomic E-state index is -0.319. The van der Waals surface area contributed by atoms with Crippen LogP contribution in [0.15, 0.2) is 17.2 Å². The zero-order valence-corrected chi connectivity index (χ0v) is 10.4. The first-order valence-electron chi connectivity index (χ1n) is 4.99. The molecule has 6 nitrogen and oxygen atoms in total. The van der Waals surface area contributed by atoms with Gasteiger partial charge in [-0.2, -0.15) is 0 Å². The second kappa shape index (κ2) is 6.85. The second-order valence-electron chi connectivity index (χ2n) is 3.02. The Morgan fingerprint density at radius 2 is 2.18 bits per heavy atom. The van der Waals surface area contributed by atoms with E-state index in [-0.39, 0.29) is 17.6 Å². The maximum absolute atomic E-state index is 11.1. The van der Waals surface area contributed by atoms with E-state index in [4.69, 9.17) is 0 Å². The van der Waals surface area contributed by atoms with E-state index in [1.54, 1.807) is 19.1 Å². The third kappa shape index (κ3) is 4.81. The molecule has 0 fully saturated rings. The van der Waals surface area contributed by atoms with Crippen LogP contribution in [0, 0.1) is 0 Å². The Kier molecular flexibility index (Phi) is 5.41. The highest BCUT2D eigenvalue weighted by molar-refractivity contribution is 7.99. The van der Waals surface area contributed by atoms with Gasteiger partial charge in [0.05, 0.1) is 12.9 Å². The van der Waals surface area contributed by atoms with Gasteiger partial charge in [-0.1, -0.05) is 18.7 Å². The number of anilines is 1. The highest BCUT2D eigenvalue weighted by Crippen LogP contribution is 2.15. The second-order valence-corrected chi connectivity index (χ2v) is 4.02. The molecule has 0 aliphatic carbocycles. The monoisotopic (exact) mass is 255 g/mol. The van der Waals surface area contributed by atoms with E-state index in [1.165, 1.54) is 18.9 Å². The van der Waals surface area contributed by atoms with Gasteiger partial charge in [0.1, 0.15) is 5.03 Å². The molecule has 0 aliphatic heterocycles. The molecule has 1 aromatic rings. The fraction of sp³-hybridized carbons (Fsp3) is 0.400. The first kappa shape index (κ1) is 13.4. The Morgan fingerprint density at radius 1 is 1.41 bits per heavy atom. The van der Waals surface area contributed by atoms with Crippen LogP contribution in [-0.4, -0.2) is 34.9 Å². The van der Waals surface area contributed by atoms with Crippen molar-refractivity contribution >= 4 is 29.5 Å². The Balaban J connectivity index is 2.50. The Morgan fingerprint density at radius 3 is 2.71 bits per heavy atom. The Bertz CT molecular complexity index is 394. The molecule has 1 heterocycles. The number of carbonyl (C=O) groups excluding carboxylic acids is 2. The van der Waals surface area contributed by atoms with Crippen molar-refractivity contribution in [3.8, 4) is 0 Å². The molecular formula is C10H13N3O3S. The van der Waals surface area contributed by atoms with Crippen molar-refractivity contribution in [2.75, 3.05) is 18.2 Å². The van der Waals surface area contributed by atoms with Gasteiger partial charge in [-0.3, -0.25) is 9.59 Å². The summed E-state index contributed by atoms with van der Waals surface area (Å²) in [5.41, 5.74) is 0. The number of aromatic nitrogens is 2. The summed E-state index contributed by atoms with van der Waals surface area (Å²) in [7, 11) is 1.33. The van der Waals surface area contributed by atoms with Crippen LogP contribution in [0.3, 0.4) is 0 Å². The lowest BCUT2D eigenvalue weighted by atomic mass is 10.4. The van der Waals surface area contributed by atoms with Gasteiger partial charge in [0.15, 0.2) is 5.82 Å². The molecule has 1 rings (SSSR count). The van der Waals surface area contributed by atoms with Crippen LogP contribution in [-0.2, 0) is 14.3 Å². The molecule has 0 aliphatic rings. The summed E-state index contributed by atoms with van der Waals surface area (Å²) in [5, 5.41) is 10.9. The summed E-state index contributed by atoms with van der Waals surface area (Å²) in [5.74, 6) is 0.153. The molecule has 1 amide bonds. The van der Waals surface area contributed by atoms with E-state index >= 15 is 0 Å². The van der Waals surface area contributed by atoms with Gasteiger partial charge in [-0.05, 0) is 12.1 Å². The lowest BCUT2D eigenvalue weighted by molar-refractivity contribution is -0.137. The van der Waals surface area contributed by atoms with E-state index < -0.39 is 0 Å². The molecule has 17 heavy (non-hydrogen) atoms. The van der Waals surface area contributed by atoms with Gasteiger partial charge in [0.25, 0.3) is 0 Å². The fourth-order valence-corrected chi connectivity index (χ4v) is 1.53. The van der Waals surface area contributed by atoms with Gasteiger partial charge in [0, 0.05) is 6.42 Å². The standard InChI is InChI=1S/C10H13N3O3S/c1-3-8(14)11-7-4-5-9(13-12-7)17-6-10(15)16-2/h4-5H,3,6H2,1-2H3,(H,11,12,14). The first-order valence-corrected chi connectivity index (χ1v) is 5.97. The predicted molar refractivity (Wildman–Crippen MR) is 63.7 cm³/mol. The number of nitrogens with one attached hydrogen (secondary N) is 1. The van der Waals surface area contributed by atoms with Crippen molar-refractivity contribution in [1.29, 1.82) is 0 Å². The highest BCUT2D eigenvalue weighted by Gasteiger charge is 2.05. The first-order chi connectivity index (χ1) is 8.15. The van der Waals surface area contributed by atoms with Crippen LogP contribution in [0.25, 0.3) is 0 Å². The smallest absolute Gasteiger partial charge is 0.316 e. The lowest BCUT2D eigenvalue weighted by Gasteiger charge is -2.02. The number of amides is 1. The molecule has 0 spiro atoms. The van der Waals surface area contributed by atoms with Crippen molar-refractivity contribution in [2.24, 2.45) is 0 Å². The molecule has 7 heteroatoms. The summed E-state index contributed by atoms with van der Waals surface area (Å²) in [6.45, 7) is 1.75. The van der Waals surface area contributed by atoms with Crippen molar-refractivity contribution in [1.82, 2.24) is 10.2 Å². The number of nitrogens with zero attached hydrogens (tertiary/aromatic N) is 2. The van der Waals surface area contributed by atoms with Crippen molar-refractivity contribution in [2.45, 2.75) is 18.4 Å². The Hall–Kier alpha value is -1.63. The fourth-order valence-electron chi connectivity index (χ4n) is 0.887. The maximum Gasteiger partial charge on any atom is 0.316 e. The maximum atomic E-state index is 11.1. The highest BCUT2D eigenvalue weighted by atomic mass is 32.2. The normalized spacial score (nSPS) is 9.76. The van der Waals surface area contributed by atoms with Gasteiger partial charge in [-0.15, -0.1) is 10.2 Å². The molecule has 1 aromatic heterocycles. The molecule has 0 radical (unpaired) electrons. The number of rotatable bonds is 5. The number of methoxy groups -OCH3 is 1. The van der Waals surface area contributed by atoms with E-state index in [2.05, 4.69) is 20.3 Å². The van der Waals surface area contributed by atoms with Crippen molar-refractivity contribution < 1.29 is 14.3 Å². The predicted octanol–water partition coefficient (Wildman–Crippen LogP) is 1.09. The van der Waals surface area contributed by atoms with E-state index in [0.717, 1.165) is 0 Å². The minimum Gasteiger partial charge on any atom is -0.468 e. The third-order valence-corrected chi connectivity index (χ3v) is 2.69. The minimum absolute atomic E-state index is 0.116. The van der Waals surface area contributed by atoms with E-state index in [1.807, 2.05) is 0 Å². The Labute approximate surface area is 103 Å². The number of carbonyl (C=O) groups is 2. The van der Waals surface area contributed by atoms with Crippen LogP contribution < -0.4 is 5.32 Å². The van der Waals surface area contributed by atoms with Crippen LogP contribution in [0.1, 0.15) is 13.3 Å². The molecule has 0 bridgehead atoms. The van der Waals surface area contributed by atoms with Crippen molar-refractivity contribution in [3.63, 3.8) is 0 Å². The van der Waals surface area contributed by atoms with Crippen LogP contribution >= 0.6 is 11.8 Å².